The summed E-state index contributed by atoms with van der Waals surface area (Å²) < 4.78 is 26.2. The molecule has 0 atom stereocenters. The fourth-order valence-corrected chi connectivity index (χ4v) is 1.44. The molecule has 76 valence electrons. The first-order chi connectivity index (χ1) is 7.16. The minimum Gasteiger partial charge on any atom is -0.207 e. The third-order valence-electron chi connectivity index (χ3n) is 2.33. The van der Waals surface area contributed by atoms with E-state index in [4.69, 9.17) is 0 Å². The molecule has 2 aromatic rings. The minimum absolute atomic E-state index is 0.267. The van der Waals surface area contributed by atoms with Crippen molar-refractivity contribution in [3.63, 3.8) is 0 Å². The Morgan fingerprint density at radius 3 is 2.27 bits per heavy atom. The van der Waals surface area contributed by atoms with E-state index >= 15 is 0 Å². The van der Waals surface area contributed by atoms with Crippen LogP contribution >= 0.6 is 0 Å². The van der Waals surface area contributed by atoms with E-state index in [1.54, 1.807) is 31.2 Å². The van der Waals surface area contributed by atoms with E-state index in [1.807, 2.05) is 0 Å². The van der Waals surface area contributed by atoms with Gasteiger partial charge in [-0.1, -0.05) is 24.3 Å². The molecule has 2 aromatic carbocycles. The van der Waals surface area contributed by atoms with Crippen LogP contribution in [-0.2, 0) is 0 Å². The van der Waals surface area contributed by atoms with Gasteiger partial charge in [0.05, 0.1) is 0 Å². The lowest BCUT2D eigenvalue weighted by Crippen LogP contribution is -1.85. The smallest absolute Gasteiger partial charge is 0.126 e. The number of hydrogen-bond donors (Lipinski definition) is 0. The SMILES string of the molecule is Cc1ccc(-c2cccc(F)c2)cc1F. The third-order valence-corrected chi connectivity index (χ3v) is 2.33. The molecule has 0 N–H and O–H groups in total. The Kier molecular flexibility index (Phi) is 2.50. The van der Waals surface area contributed by atoms with Gasteiger partial charge < -0.3 is 0 Å². The Morgan fingerprint density at radius 2 is 1.60 bits per heavy atom. The lowest BCUT2D eigenvalue weighted by atomic mass is 10.0. The normalized spacial score (nSPS) is 10.3. The molecule has 15 heavy (non-hydrogen) atoms. The molecule has 0 bridgehead atoms. The first-order valence-electron chi connectivity index (χ1n) is 4.69. The van der Waals surface area contributed by atoms with E-state index < -0.39 is 0 Å². The molecule has 0 unspecified atom stereocenters. The molecule has 0 spiro atoms. The monoisotopic (exact) mass is 204 g/mol. The maximum Gasteiger partial charge on any atom is 0.126 e. The summed E-state index contributed by atoms with van der Waals surface area (Å²) in [5.41, 5.74) is 1.97. The van der Waals surface area contributed by atoms with Gasteiger partial charge in [-0.25, -0.2) is 8.78 Å². The second-order valence-corrected chi connectivity index (χ2v) is 3.47. The van der Waals surface area contributed by atoms with Crippen LogP contribution in [0, 0.1) is 18.6 Å². The molecule has 0 saturated heterocycles. The summed E-state index contributed by atoms with van der Waals surface area (Å²) in [6, 6.07) is 11.0. The van der Waals surface area contributed by atoms with Crippen molar-refractivity contribution in [1.82, 2.24) is 0 Å². The predicted molar refractivity (Wildman–Crippen MR) is 56.5 cm³/mol. The molecular weight excluding hydrogens is 194 g/mol. The molecule has 0 aromatic heterocycles. The van der Waals surface area contributed by atoms with E-state index in [-0.39, 0.29) is 11.6 Å². The zero-order chi connectivity index (χ0) is 10.8. The number of halogens is 2. The van der Waals surface area contributed by atoms with Gasteiger partial charge >= 0.3 is 0 Å². The van der Waals surface area contributed by atoms with Crippen LogP contribution in [0.4, 0.5) is 8.78 Å². The van der Waals surface area contributed by atoms with E-state index in [2.05, 4.69) is 0 Å². The molecule has 2 rings (SSSR count). The lowest BCUT2D eigenvalue weighted by molar-refractivity contribution is 0.618. The highest BCUT2D eigenvalue weighted by molar-refractivity contribution is 5.63. The highest BCUT2D eigenvalue weighted by Crippen LogP contribution is 2.22. The van der Waals surface area contributed by atoms with Crippen LogP contribution in [0.2, 0.25) is 0 Å². The largest absolute Gasteiger partial charge is 0.207 e. The first kappa shape index (κ1) is 9.84. The molecular formula is C13H10F2. The van der Waals surface area contributed by atoms with Gasteiger partial charge in [-0.2, -0.15) is 0 Å². The van der Waals surface area contributed by atoms with Crippen molar-refractivity contribution >= 4 is 0 Å². The summed E-state index contributed by atoms with van der Waals surface area (Å²) in [7, 11) is 0. The van der Waals surface area contributed by atoms with Crippen molar-refractivity contribution in [2.45, 2.75) is 6.92 Å². The maximum atomic E-state index is 13.3. The van der Waals surface area contributed by atoms with Gasteiger partial charge in [-0.15, -0.1) is 0 Å². The van der Waals surface area contributed by atoms with Gasteiger partial charge in [0.15, 0.2) is 0 Å². The zero-order valence-electron chi connectivity index (χ0n) is 8.30. The Balaban J connectivity index is 2.50. The number of hydrogen-bond acceptors (Lipinski definition) is 0. The van der Waals surface area contributed by atoms with Crippen LogP contribution in [0.25, 0.3) is 11.1 Å². The highest BCUT2D eigenvalue weighted by Gasteiger charge is 2.02. The van der Waals surface area contributed by atoms with Crippen LogP contribution in [-0.4, -0.2) is 0 Å². The number of benzene rings is 2. The summed E-state index contributed by atoms with van der Waals surface area (Å²) in [5, 5.41) is 0. The summed E-state index contributed by atoms with van der Waals surface area (Å²) in [5.74, 6) is -0.578. The molecule has 0 aliphatic carbocycles. The summed E-state index contributed by atoms with van der Waals surface area (Å²) in [6.07, 6.45) is 0. The second kappa shape index (κ2) is 3.81. The molecule has 0 radical (unpaired) electrons. The Hall–Kier alpha value is -1.70. The summed E-state index contributed by atoms with van der Waals surface area (Å²) >= 11 is 0. The van der Waals surface area contributed by atoms with Crippen molar-refractivity contribution < 1.29 is 8.78 Å². The first-order valence-corrected chi connectivity index (χ1v) is 4.69. The quantitative estimate of drug-likeness (QED) is 0.660. The molecule has 0 heterocycles. The topological polar surface area (TPSA) is 0 Å². The summed E-state index contributed by atoms with van der Waals surface area (Å²) in [6.45, 7) is 1.70. The second-order valence-electron chi connectivity index (χ2n) is 3.47. The van der Waals surface area contributed by atoms with Gasteiger partial charge in [0.25, 0.3) is 0 Å². The molecule has 0 nitrogen and oxygen atoms in total. The van der Waals surface area contributed by atoms with Crippen LogP contribution in [0.5, 0.6) is 0 Å². The van der Waals surface area contributed by atoms with E-state index in [0.29, 0.717) is 16.7 Å². The van der Waals surface area contributed by atoms with Crippen molar-refractivity contribution in [1.29, 1.82) is 0 Å². The minimum atomic E-state index is -0.312. The van der Waals surface area contributed by atoms with Gasteiger partial charge in [0.2, 0.25) is 0 Å². The summed E-state index contributed by atoms with van der Waals surface area (Å²) in [4.78, 5) is 0. The van der Waals surface area contributed by atoms with Gasteiger partial charge in [-0.05, 0) is 41.8 Å². The third kappa shape index (κ3) is 2.04. The predicted octanol–water partition coefficient (Wildman–Crippen LogP) is 3.94. The fraction of sp³-hybridized carbons (Fsp3) is 0.0769. The highest BCUT2D eigenvalue weighted by atomic mass is 19.1. The average molecular weight is 204 g/mol. The lowest BCUT2D eigenvalue weighted by Gasteiger charge is -2.03. The van der Waals surface area contributed by atoms with E-state index in [1.165, 1.54) is 18.2 Å². The maximum absolute atomic E-state index is 13.3. The van der Waals surface area contributed by atoms with E-state index in [9.17, 15) is 8.78 Å². The molecule has 0 aliphatic rings. The Bertz CT molecular complexity index is 490. The van der Waals surface area contributed by atoms with Crippen molar-refractivity contribution in [2.75, 3.05) is 0 Å². The molecule has 0 saturated carbocycles. The van der Waals surface area contributed by atoms with Crippen LogP contribution in [0.1, 0.15) is 5.56 Å². The molecule has 2 heteroatoms. The molecule has 0 amide bonds. The standard InChI is InChI=1S/C13H10F2/c1-9-5-6-11(8-13(9)15)10-3-2-4-12(14)7-10/h2-8H,1H3. The zero-order valence-corrected chi connectivity index (χ0v) is 8.30. The van der Waals surface area contributed by atoms with Crippen molar-refractivity contribution in [3.8, 4) is 11.1 Å². The molecule has 0 fully saturated rings. The number of aryl methyl sites for hydroxylation is 1. The average Bonchev–Trinajstić information content (AvgIpc) is 2.22. The van der Waals surface area contributed by atoms with Gasteiger partial charge in [0, 0.05) is 0 Å². The van der Waals surface area contributed by atoms with Crippen LogP contribution in [0.15, 0.2) is 42.5 Å². The fourth-order valence-electron chi connectivity index (χ4n) is 1.44. The Morgan fingerprint density at radius 1 is 0.867 bits per heavy atom. The van der Waals surface area contributed by atoms with Gasteiger partial charge in [0.1, 0.15) is 11.6 Å². The number of rotatable bonds is 1. The van der Waals surface area contributed by atoms with Gasteiger partial charge in [-0.3, -0.25) is 0 Å². The van der Waals surface area contributed by atoms with Crippen molar-refractivity contribution in [2.24, 2.45) is 0 Å². The van der Waals surface area contributed by atoms with Crippen molar-refractivity contribution in [3.05, 3.63) is 59.7 Å². The Labute approximate surface area is 87.2 Å². The molecule has 0 aliphatic heterocycles. The van der Waals surface area contributed by atoms with Crippen LogP contribution < -0.4 is 0 Å². The van der Waals surface area contributed by atoms with E-state index in [0.717, 1.165) is 0 Å². The van der Waals surface area contributed by atoms with Crippen LogP contribution in [0.3, 0.4) is 0 Å².